The van der Waals surface area contributed by atoms with Crippen LogP contribution < -0.4 is 11.1 Å². The second-order valence-electron chi connectivity index (χ2n) is 5.96. The van der Waals surface area contributed by atoms with Crippen molar-refractivity contribution < 1.29 is 4.79 Å². The number of amides is 1. The average molecular weight is 355 g/mol. The van der Waals surface area contributed by atoms with Crippen LogP contribution in [0.15, 0.2) is 48.9 Å². The van der Waals surface area contributed by atoms with Gasteiger partial charge in [-0.2, -0.15) is 5.10 Å². The number of nitrogens with two attached hydrogens (primary N) is 1. The molecule has 7 nitrogen and oxygen atoms in total. The number of para-hydroxylation sites is 1. The van der Waals surface area contributed by atoms with Crippen LogP contribution in [-0.4, -0.2) is 25.7 Å². The van der Waals surface area contributed by atoms with Crippen molar-refractivity contribution in [2.24, 2.45) is 5.73 Å². The number of hydrogen-bond acceptors (Lipinski definition) is 5. The van der Waals surface area contributed by atoms with Gasteiger partial charge >= 0.3 is 0 Å². The summed E-state index contributed by atoms with van der Waals surface area (Å²) in [5, 5.41) is 7.50. The predicted octanol–water partition coefficient (Wildman–Crippen LogP) is 2.52. The summed E-state index contributed by atoms with van der Waals surface area (Å²) in [4.78, 5) is 21.1. The Morgan fingerprint density at radius 2 is 2.08 bits per heavy atom. The molecule has 0 atom stereocenters. The third kappa shape index (κ3) is 2.99. The van der Waals surface area contributed by atoms with Crippen LogP contribution in [-0.2, 0) is 5.54 Å². The van der Waals surface area contributed by atoms with Gasteiger partial charge in [0.05, 0.1) is 16.2 Å². The highest BCUT2D eigenvalue weighted by Gasteiger charge is 2.43. The molecule has 0 bridgehead atoms. The zero-order valence-corrected chi connectivity index (χ0v) is 13.9. The maximum absolute atomic E-state index is 12.6. The van der Waals surface area contributed by atoms with E-state index in [1.807, 2.05) is 0 Å². The number of nitrogens with one attached hydrogen (secondary N) is 1. The van der Waals surface area contributed by atoms with Gasteiger partial charge < -0.3 is 11.1 Å². The number of carbonyl (C=O) groups excluding carboxylic acids is 1. The van der Waals surface area contributed by atoms with Gasteiger partial charge in [-0.05, 0) is 37.1 Å². The minimum Gasteiger partial charge on any atom is -0.319 e. The molecular formula is C17H15ClN6O. The Kier molecular flexibility index (Phi) is 3.74. The zero-order valence-electron chi connectivity index (χ0n) is 13.2. The Morgan fingerprint density at radius 1 is 1.24 bits per heavy atom. The second-order valence-corrected chi connectivity index (χ2v) is 6.37. The van der Waals surface area contributed by atoms with Crippen molar-refractivity contribution in [2.75, 3.05) is 5.32 Å². The Hall–Kier alpha value is -2.77. The normalized spacial score (nSPS) is 15.0. The van der Waals surface area contributed by atoms with E-state index in [1.54, 1.807) is 53.6 Å². The van der Waals surface area contributed by atoms with Crippen molar-refractivity contribution in [3.05, 3.63) is 65.5 Å². The summed E-state index contributed by atoms with van der Waals surface area (Å²) in [6.45, 7) is 0. The molecule has 8 heteroatoms. The number of nitrogens with zero attached hydrogens (tertiary/aromatic N) is 4. The quantitative estimate of drug-likeness (QED) is 0.750. The molecule has 1 saturated carbocycles. The molecular weight excluding hydrogens is 340 g/mol. The molecule has 0 radical (unpaired) electrons. The number of benzene rings is 1. The fourth-order valence-corrected chi connectivity index (χ4v) is 2.78. The molecule has 1 aliphatic carbocycles. The van der Waals surface area contributed by atoms with Crippen LogP contribution >= 0.6 is 11.6 Å². The summed E-state index contributed by atoms with van der Waals surface area (Å²) in [6.07, 6.45) is 6.61. The fourth-order valence-electron chi connectivity index (χ4n) is 2.52. The molecule has 25 heavy (non-hydrogen) atoms. The molecule has 1 aromatic carbocycles. The van der Waals surface area contributed by atoms with Gasteiger partial charge in [0.25, 0.3) is 5.91 Å². The summed E-state index contributed by atoms with van der Waals surface area (Å²) >= 11 is 6.29. The average Bonchev–Trinajstić information content (AvgIpc) is 3.15. The summed E-state index contributed by atoms with van der Waals surface area (Å²) in [5.74, 6) is 0.141. The van der Waals surface area contributed by atoms with Gasteiger partial charge in [-0.15, -0.1) is 0 Å². The Bertz CT molecular complexity index is 936. The van der Waals surface area contributed by atoms with Crippen LogP contribution in [0.4, 0.5) is 5.69 Å². The number of aromatic nitrogens is 4. The lowest BCUT2D eigenvalue weighted by Gasteiger charge is -2.13. The van der Waals surface area contributed by atoms with E-state index >= 15 is 0 Å². The lowest BCUT2D eigenvalue weighted by atomic mass is 10.2. The van der Waals surface area contributed by atoms with E-state index in [-0.39, 0.29) is 11.6 Å². The van der Waals surface area contributed by atoms with E-state index in [1.165, 1.54) is 0 Å². The largest absolute Gasteiger partial charge is 0.319 e. The Labute approximate surface area is 148 Å². The zero-order chi connectivity index (χ0) is 17.4. The van der Waals surface area contributed by atoms with E-state index in [2.05, 4.69) is 20.4 Å². The molecule has 0 saturated heterocycles. The third-order valence-corrected chi connectivity index (χ3v) is 4.40. The van der Waals surface area contributed by atoms with Gasteiger partial charge in [-0.3, -0.25) is 4.79 Å². The first-order valence-electron chi connectivity index (χ1n) is 7.79. The SMILES string of the molecule is NC1(c2nccc(C(=O)Nc3cccc(Cl)c3-n3cccn3)n2)CC1. The van der Waals surface area contributed by atoms with E-state index in [0.717, 1.165) is 12.8 Å². The van der Waals surface area contributed by atoms with Crippen molar-refractivity contribution in [3.8, 4) is 5.69 Å². The summed E-state index contributed by atoms with van der Waals surface area (Å²) in [6, 6.07) is 8.59. The molecule has 3 aromatic rings. The smallest absolute Gasteiger partial charge is 0.274 e. The third-order valence-electron chi connectivity index (χ3n) is 4.09. The number of carbonyl (C=O) groups is 1. The molecule has 0 unspecified atom stereocenters. The predicted molar refractivity (Wildman–Crippen MR) is 93.7 cm³/mol. The molecule has 0 aliphatic heterocycles. The molecule has 2 aromatic heterocycles. The monoisotopic (exact) mass is 354 g/mol. The van der Waals surface area contributed by atoms with Gasteiger partial charge in [-0.1, -0.05) is 17.7 Å². The summed E-state index contributed by atoms with van der Waals surface area (Å²) in [5.41, 5.74) is 7.01. The van der Waals surface area contributed by atoms with Crippen molar-refractivity contribution in [2.45, 2.75) is 18.4 Å². The molecule has 126 valence electrons. The van der Waals surface area contributed by atoms with Crippen LogP contribution in [0.2, 0.25) is 5.02 Å². The highest BCUT2D eigenvalue weighted by atomic mass is 35.5. The van der Waals surface area contributed by atoms with E-state index < -0.39 is 5.54 Å². The first kappa shape index (κ1) is 15.7. The first-order chi connectivity index (χ1) is 12.1. The second kappa shape index (κ2) is 5.94. The maximum Gasteiger partial charge on any atom is 0.274 e. The topological polar surface area (TPSA) is 98.7 Å². The first-order valence-corrected chi connectivity index (χ1v) is 8.17. The van der Waals surface area contributed by atoms with Crippen LogP contribution in [0.3, 0.4) is 0 Å². The highest BCUT2D eigenvalue weighted by molar-refractivity contribution is 6.33. The fraction of sp³-hybridized carbons (Fsp3) is 0.176. The maximum atomic E-state index is 12.6. The van der Waals surface area contributed by atoms with E-state index in [4.69, 9.17) is 17.3 Å². The highest BCUT2D eigenvalue weighted by Crippen LogP contribution is 2.40. The molecule has 2 heterocycles. The van der Waals surface area contributed by atoms with Crippen molar-refractivity contribution in [3.63, 3.8) is 0 Å². The minimum atomic E-state index is -0.493. The van der Waals surface area contributed by atoms with Gasteiger partial charge in [0.2, 0.25) is 0 Å². The Morgan fingerprint density at radius 3 is 2.80 bits per heavy atom. The number of halogens is 1. The molecule has 1 fully saturated rings. The van der Waals surface area contributed by atoms with Crippen LogP contribution in [0.1, 0.15) is 29.2 Å². The molecule has 0 spiro atoms. The van der Waals surface area contributed by atoms with Crippen molar-refractivity contribution in [1.82, 2.24) is 19.7 Å². The Balaban J connectivity index is 1.65. The van der Waals surface area contributed by atoms with Crippen molar-refractivity contribution in [1.29, 1.82) is 0 Å². The molecule has 1 amide bonds. The van der Waals surface area contributed by atoms with Gasteiger partial charge in [-0.25, -0.2) is 14.6 Å². The molecule has 4 rings (SSSR count). The molecule has 3 N–H and O–H groups in total. The van der Waals surface area contributed by atoms with Crippen LogP contribution in [0.25, 0.3) is 5.69 Å². The lowest BCUT2D eigenvalue weighted by Crippen LogP contribution is -2.24. The van der Waals surface area contributed by atoms with Gasteiger partial charge in [0.1, 0.15) is 17.2 Å². The van der Waals surface area contributed by atoms with E-state index in [9.17, 15) is 4.79 Å². The van der Waals surface area contributed by atoms with Gasteiger partial charge in [0.15, 0.2) is 0 Å². The minimum absolute atomic E-state index is 0.258. The summed E-state index contributed by atoms with van der Waals surface area (Å²) < 4.78 is 1.60. The molecule has 1 aliphatic rings. The number of anilines is 1. The number of rotatable bonds is 4. The van der Waals surface area contributed by atoms with E-state index in [0.29, 0.717) is 22.2 Å². The van der Waals surface area contributed by atoms with Crippen LogP contribution in [0.5, 0.6) is 0 Å². The standard InChI is InChI=1S/C17H15ClN6O/c18-11-3-1-4-12(14(11)24-10-2-8-21-24)22-15(25)13-5-9-20-16(23-13)17(19)6-7-17/h1-5,8-10H,6-7,19H2,(H,22,25). The summed E-state index contributed by atoms with van der Waals surface area (Å²) in [7, 11) is 0. The number of hydrogen-bond donors (Lipinski definition) is 2. The van der Waals surface area contributed by atoms with Crippen LogP contribution in [0, 0.1) is 0 Å². The van der Waals surface area contributed by atoms with Gasteiger partial charge in [0, 0.05) is 18.6 Å². The van der Waals surface area contributed by atoms with Crippen molar-refractivity contribution >= 4 is 23.2 Å². The lowest BCUT2D eigenvalue weighted by molar-refractivity contribution is 0.102.